The molecule has 34 heavy (non-hydrogen) atoms. The summed E-state index contributed by atoms with van der Waals surface area (Å²) in [5.41, 5.74) is 0.317. The van der Waals surface area contributed by atoms with Crippen molar-refractivity contribution in [2.75, 3.05) is 13.2 Å². The molecule has 0 aromatic heterocycles. The van der Waals surface area contributed by atoms with Gasteiger partial charge in [-0.25, -0.2) is 4.39 Å². The first-order valence-electron chi connectivity index (χ1n) is 13.9. The van der Waals surface area contributed by atoms with Gasteiger partial charge < -0.3 is 9.47 Å². The second kappa shape index (κ2) is 12.5. The average Bonchev–Trinajstić information content (AvgIpc) is 2.87. The number of ether oxygens (including phenoxy) is 2. The van der Waals surface area contributed by atoms with E-state index in [1.165, 1.54) is 64.2 Å². The lowest BCUT2D eigenvalue weighted by atomic mass is 9.71. The minimum absolute atomic E-state index is 0.0498. The third-order valence-electron chi connectivity index (χ3n) is 8.85. The van der Waals surface area contributed by atoms with E-state index in [2.05, 4.69) is 19.1 Å². The standard InChI is InChI=1S/C30H44F2O2/c1-3-33-27-17-11-23(12-18-27)6-5-22-7-13-25(14-8-22)26-15-9-24(10-16-26)20-34-28-19-4-21(2)29(31)30(28)32/h4,7,13,19,22-27H,3,5-6,8-12,14-18,20H2,1-2H3. The fourth-order valence-electron chi connectivity index (χ4n) is 6.54. The maximum Gasteiger partial charge on any atom is 0.200 e. The van der Waals surface area contributed by atoms with Gasteiger partial charge in [0.05, 0.1) is 12.7 Å². The van der Waals surface area contributed by atoms with Gasteiger partial charge in [-0.3, -0.25) is 0 Å². The molecule has 0 bridgehead atoms. The fraction of sp³-hybridized carbons (Fsp3) is 0.733. The summed E-state index contributed by atoms with van der Waals surface area (Å²) in [4.78, 5) is 0. The molecule has 0 N–H and O–H groups in total. The molecule has 2 fully saturated rings. The zero-order valence-electron chi connectivity index (χ0n) is 21.2. The number of benzene rings is 1. The Labute approximate surface area is 205 Å². The molecule has 3 aliphatic carbocycles. The first-order valence-corrected chi connectivity index (χ1v) is 13.9. The van der Waals surface area contributed by atoms with Crippen LogP contribution in [0.15, 0.2) is 24.3 Å². The van der Waals surface area contributed by atoms with Crippen LogP contribution >= 0.6 is 0 Å². The predicted octanol–water partition coefficient (Wildman–Crippen LogP) is 8.42. The van der Waals surface area contributed by atoms with Crippen LogP contribution in [0.2, 0.25) is 0 Å². The Balaban J connectivity index is 1.13. The smallest absolute Gasteiger partial charge is 0.200 e. The zero-order chi connectivity index (χ0) is 23.9. The molecule has 2 nitrogen and oxygen atoms in total. The van der Waals surface area contributed by atoms with Gasteiger partial charge in [-0.1, -0.05) is 18.2 Å². The molecule has 2 unspecified atom stereocenters. The quantitative estimate of drug-likeness (QED) is 0.334. The first-order chi connectivity index (χ1) is 16.5. The number of hydrogen-bond donors (Lipinski definition) is 0. The van der Waals surface area contributed by atoms with Crippen LogP contribution in [0, 0.1) is 48.1 Å². The van der Waals surface area contributed by atoms with Crippen molar-refractivity contribution in [3.8, 4) is 5.75 Å². The van der Waals surface area contributed by atoms with Gasteiger partial charge in [-0.15, -0.1) is 0 Å². The van der Waals surface area contributed by atoms with E-state index in [0.29, 0.717) is 24.2 Å². The van der Waals surface area contributed by atoms with E-state index in [4.69, 9.17) is 9.47 Å². The Morgan fingerprint density at radius 2 is 1.53 bits per heavy atom. The average molecular weight is 475 g/mol. The number of aryl methyl sites for hydroxylation is 1. The normalized spacial score (nSPS) is 32.0. The zero-order valence-corrected chi connectivity index (χ0v) is 21.2. The Bertz CT molecular complexity index is 791. The summed E-state index contributed by atoms with van der Waals surface area (Å²) in [6.45, 7) is 5.02. The number of rotatable bonds is 9. The highest BCUT2D eigenvalue weighted by Gasteiger charge is 2.29. The Hall–Kier alpha value is -1.42. The third kappa shape index (κ3) is 6.83. The van der Waals surface area contributed by atoms with Crippen molar-refractivity contribution in [3.63, 3.8) is 0 Å². The summed E-state index contributed by atoms with van der Waals surface area (Å²) in [6.07, 6.45) is 20.9. The highest BCUT2D eigenvalue weighted by Crippen LogP contribution is 2.40. The fourth-order valence-corrected chi connectivity index (χ4v) is 6.54. The van der Waals surface area contributed by atoms with Crippen LogP contribution in [0.25, 0.3) is 0 Å². The van der Waals surface area contributed by atoms with Gasteiger partial charge >= 0.3 is 0 Å². The Kier molecular flexibility index (Phi) is 9.45. The van der Waals surface area contributed by atoms with Gasteiger partial charge in [0.25, 0.3) is 0 Å². The molecule has 2 atom stereocenters. The summed E-state index contributed by atoms with van der Waals surface area (Å²) in [5.74, 6) is 2.03. The van der Waals surface area contributed by atoms with E-state index in [9.17, 15) is 8.78 Å². The van der Waals surface area contributed by atoms with Crippen molar-refractivity contribution in [2.45, 2.75) is 97.0 Å². The topological polar surface area (TPSA) is 18.5 Å². The highest BCUT2D eigenvalue weighted by atomic mass is 19.2. The van der Waals surface area contributed by atoms with E-state index in [0.717, 1.165) is 43.1 Å². The second-order valence-corrected chi connectivity index (χ2v) is 11.2. The van der Waals surface area contributed by atoms with Crippen molar-refractivity contribution in [3.05, 3.63) is 41.5 Å². The van der Waals surface area contributed by atoms with Crippen molar-refractivity contribution >= 4 is 0 Å². The first kappa shape index (κ1) is 25.7. The van der Waals surface area contributed by atoms with Crippen molar-refractivity contribution in [1.29, 1.82) is 0 Å². The molecule has 0 amide bonds. The third-order valence-corrected chi connectivity index (χ3v) is 8.85. The molecule has 0 saturated heterocycles. The highest BCUT2D eigenvalue weighted by molar-refractivity contribution is 5.30. The molecule has 3 aliphatic rings. The molecule has 0 radical (unpaired) electrons. The van der Waals surface area contributed by atoms with E-state index < -0.39 is 11.6 Å². The summed E-state index contributed by atoms with van der Waals surface area (Å²) in [6, 6.07) is 3.13. The molecule has 0 aliphatic heterocycles. The lowest BCUT2D eigenvalue weighted by Gasteiger charge is -2.35. The summed E-state index contributed by atoms with van der Waals surface area (Å²) in [5, 5.41) is 0. The van der Waals surface area contributed by atoms with Crippen LogP contribution in [-0.4, -0.2) is 19.3 Å². The lowest BCUT2D eigenvalue weighted by Crippen LogP contribution is -2.26. The number of allylic oxidation sites excluding steroid dienone is 2. The Morgan fingerprint density at radius 3 is 2.21 bits per heavy atom. The molecular formula is C30H44F2O2. The van der Waals surface area contributed by atoms with Crippen LogP contribution in [-0.2, 0) is 4.74 Å². The van der Waals surface area contributed by atoms with E-state index in [-0.39, 0.29) is 5.75 Å². The van der Waals surface area contributed by atoms with Crippen LogP contribution in [0.5, 0.6) is 5.75 Å². The molecule has 190 valence electrons. The second-order valence-electron chi connectivity index (χ2n) is 11.2. The van der Waals surface area contributed by atoms with Gasteiger partial charge in [-0.2, -0.15) is 4.39 Å². The monoisotopic (exact) mass is 474 g/mol. The minimum Gasteiger partial charge on any atom is -0.490 e. The summed E-state index contributed by atoms with van der Waals surface area (Å²) < 4.78 is 39.3. The molecule has 4 rings (SSSR count). The van der Waals surface area contributed by atoms with Crippen LogP contribution in [0.3, 0.4) is 0 Å². The van der Waals surface area contributed by atoms with Gasteiger partial charge in [0, 0.05) is 6.61 Å². The number of halogens is 2. The van der Waals surface area contributed by atoms with Gasteiger partial charge in [0.1, 0.15) is 0 Å². The maximum absolute atomic E-state index is 14.0. The van der Waals surface area contributed by atoms with Gasteiger partial charge in [-0.05, 0) is 132 Å². The van der Waals surface area contributed by atoms with E-state index in [1.807, 2.05) is 0 Å². The van der Waals surface area contributed by atoms with Gasteiger partial charge in [0.2, 0.25) is 5.82 Å². The summed E-state index contributed by atoms with van der Waals surface area (Å²) in [7, 11) is 0. The lowest BCUT2D eigenvalue weighted by molar-refractivity contribution is 0.0242. The van der Waals surface area contributed by atoms with Crippen LogP contribution in [0.1, 0.15) is 89.5 Å². The molecule has 4 heteroatoms. The molecular weight excluding hydrogens is 430 g/mol. The Morgan fingerprint density at radius 1 is 0.794 bits per heavy atom. The van der Waals surface area contributed by atoms with Crippen molar-refractivity contribution in [2.24, 2.45) is 29.6 Å². The summed E-state index contributed by atoms with van der Waals surface area (Å²) >= 11 is 0. The largest absolute Gasteiger partial charge is 0.490 e. The maximum atomic E-state index is 14.0. The molecule has 1 aromatic carbocycles. The van der Waals surface area contributed by atoms with Crippen molar-refractivity contribution < 1.29 is 18.3 Å². The molecule has 0 spiro atoms. The van der Waals surface area contributed by atoms with Gasteiger partial charge in [0.15, 0.2) is 11.6 Å². The molecule has 0 heterocycles. The predicted molar refractivity (Wildman–Crippen MR) is 134 cm³/mol. The van der Waals surface area contributed by atoms with E-state index in [1.54, 1.807) is 19.1 Å². The number of hydrogen-bond acceptors (Lipinski definition) is 2. The molecule has 2 saturated carbocycles. The van der Waals surface area contributed by atoms with E-state index >= 15 is 0 Å². The molecule has 1 aromatic rings. The SMILES string of the molecule is CCOC1CCC(CCC2C=CC(C3CCC(COc4ccc(C)c(F)c4F)CC3)CC2)CC1. The van der Waals surface area contributed by atoms with Crippen LogP contribution in [0.4, 0.5) is 8.78 Å². The van der Waals surface area contributed by atoms with Crippen LogP contribution < -0.4 is 4.74 Å². The minimum atomic E-state index is -0.853. The van der Waals surface area contributed by atoms with Crippen molar-refractivity contribution in [1.82, 2.24) is 0 Å².